The molecule has 11 nitrogen and oxygen atoms in total. The molecular formula is C46H61ClN6O5S. The predicted molar refractivity (Wildman–Crippen MR) is 237 cm³/mol. The first-order valence-corrected chi connectivity index (χ1v) is 22.7. The van der Waals surface area contributed by atoms with Crippen LogP contribution in [0.4, 0.5) is 10.6 Å². The van der Waals surface area contributed by atoms with Crippen molar-refractivity contribution in [1.82, 2.24) is 24.7 Å². The summed E-state index contributed by atoms with van der Waals surface area (Å²) in [6, 6.07) is 12.6. The molecule has 0 unspecified atom stereocenters. The van der Waals surface area contributed by atoms with Crippen molar-refractivity contribution in [3.05, 3.63) is 68.6 Å². The standard InChI is InChI=1S/C46H61ClN6O5S/c1-29(42-23-36(28-59-42)43-35(26-51(3)4)7-6-8-39(43)47)48-44-38-24-37(41(57-5)25-40(38)49-30(2)50-44)33-9-11-34(12-10-33)45(54)52-18-15-32(16-19-52)27-58-22-17-31-13-20-53(21-14-31)46(55)56/h6-8,23-25,28-29,31-34H,9-22,26-27H2,1-5H3,(H,55,56)(H,48,49,50)/t29-,33?,34?/m1/s1. The maximum Gasteiger partial charge on any atom is 0.407 e. The summed E-state index contributed by atoms with van der Waals surface area (Å²) in [5.74, 6) is 4.02. The summed E-state index contributed by atoms with van der Waals surface area (Å²) >= 11 is 8.49. The molecule has 4 heterocycles. The Morgan fingerprint density at radius 2 is 1.69 bits per heavy atom. The lowest BCUT2D eigenvalue weighted by molar-refractivity contribution is -0.138. The van der Waals surface area contributed by atoms with E-state index in [1.165, 1.54) is 15.3 Å². The van der Waals surface area contributed by atoms with Crippen molar-refractivity contribution >= 4 is 51.7 Å². The van der Waals surface area contributed by atoms with E-state index in [9.17, 15) is 14.7 Å². The third-order valence-corrected chi connectivity index (χ3v) is 14.2. The Morgan fingerprint density at radius 1 is 0.983 bits per heavy atom. The molecule has 2 aliphatic heterocycles. The molecule has 4 aromatic rings. The first kappa shape index (κ1) is 43.1. The van der Waals surface area contributed by atoms with Crippen LogP contribution in [0.2, 0.25) is 5.02 Å². The molecule has 318 valence electrons. The number of halogens is 1. The highest BCUT2D eigenvalue weighted by atomic mass is 35.5. The average Bonchev–Trinajstić information content (AvgIpc) is 3.72. The third-order valence-electron chi connectivity index (χ3n) is 12.8. The number of nitrogens with zero attached hydrogens (tertiary/aromatic N) is 5. The van der Waals surface area contributed by atoms with E-state index in [0.29, 0.717) is 36.7 Å². The van der Waals surface area contributed by atoms with Gasteiger partial charge in [0.2, 0.25) is 5.91 Å². The van der Waals surface area contributed by atoms with Crippen LogP contribution in [-0.4, -0.2) is 102 Å². The van der Waals surface area contributed by atoms with Crippen LogP contribution in [0.1, 0.15) is 98.5 Å². The van der Waals surface area contributed by atoms with Crippen molar-refractivity contribution in [2.75, 3.05) is 65.9 Å². The molecule has 2 saturated heterocycles. The number of aryl methyl sites for hydroxylation is 1. The number of piperidine rings is 2. The Bertz CT molecular complexity index is 2070. The quantitative estimate of drug-likeness (QED) is 0.120. The monoisotopic (exact) mass is 844 g/mol. The highest BCUT2D eigenvalue weighted by Crippen LogP contribution is 2.43. The molecule has 2 N–H and O–H groups in total. The van der Waals surface area contributed by atoms with Gasteiger partial charge < -0.3 is 34.6 Å². The number of carbonyl (C=O) groups is 2. The number of benzene rings is 2. The van der Waals surface area contributed by atoms with Gasteiger partial charge in [0, 0.05) is 78.8 Å². The fourth-order valence-electron chi connectivity index (χ4n) is 9.39. The molecule has 1 aliphatic carbocycles. The number of likely N-dealkylation sites (tertiary alicyclic amines) is 2. The number of nitrogens with one attached hydrogen (secondary N) is 1. The first-order valence-electron chi connectivity index (χ1n) is 21.5. The second-order valence-electron chi connectivity index (χ2n) is 17.2. The topological polar surface area (TPSA) is 120 Å². The van der Waals surface area contributed by atoms with Crippen molar-refractivity contribution in [2.45, 2.75) is 90.1 Å². The maximum atomic E-state index is 13.8. The SMILES string of the molecule is COc1cc2nc(C)nc(N[C@H](C)c3cc(-c4c(Cl)cccc4CN(C)C)cs3)c2cc1C1CCC(C(=O)N2CCC(COCCC3CCN(C(=O)O)CC3)CC2)CC1. The minimum Gasteiger partial charge on any atom is -0.496 e. The fraction of sp³-hybridized carbons (Fsp3) is 0.565. The molecule has 0 spiro atoms. The molecule has 2 aromatic carbocycles. The van der Waals surface area contributed by atoms with Gasteiger partial charge in [0.15, 0.2) is 0 Å². The highest BCUT2D eigenvalue weighted by molar-refractivity contribution is 7.10. The van der Waals surface area contributed by atoms with Crippen LogP contribution in [0, 0.1) is 24.7 Å². The minimum absolute atomic E-state index is 0.00243. The summed E-state index contributed by atoms with van der Waals surface area (Å²) in [7, 11) is 5.87. The Balaban J connectivity index is 0.938. The Kier molecular flexibility index (Phi) is 14.3. The lowest BCUT2D eigenvalue weighted by Crippen LogP contribution is -2.43. The van der Waals surface area contributed by atoms with Crippen LogP contribution < -0.4 is 10.1 Å². The van der Waals surface area contributed by atoms with Gasteiger partial charge in [0.25, 0.3) is 0 Å². The molecule has 13 heteroatoms. The molecule has 2 aromatic heterocycles. The number of fused-ring (bicyclic) bond motifs is 1. The number of anilines is 1. The van der Waals surface area contributed by atoms with Crippen molar-refractivity contribution in [3.63, 3.8) is 0 Å². The van der Waals surface area contributed by atoms with E-state index in [0.717, 1.165) is 135 Å². The molecule has 2 amide bonds. The van der Waals surface area contributed by atoms with Gasteiger partial charge in [-0.2, -0.15) is 0 Å². The number of hydrogen-bond donors (Lipinski definition) is 2. The second-order valence-corrected chi connectivity index (χ2v) is 18.6. The third kappa shape index (κ3) is 10.5. The number of carboxylic acid groups (broad SMARTS) is 1. The number of aromatic nitrogens is 2. The Labute approximate surface area is 358 Å². The van der Waals surface area contributed by atoms with Gasteiger partial charge in [-0.3, -0.25) is 4.79 Å². The number of methoxy groups -OCH3 is 1. The molecule has 0 bridgehead atoms. The first-order chi connectivity index (χ1) is 28.5. The number of thiophene rings is 1. The molecule has 0 radical (unpaired) electrons. The largest absolute Gasteiger partial charge is 0.496 e. The number of ether oxygens (including phenoxy) is 2. The Hall–Kier alpha value is -3.97. The van der Waals surface area contributed by atoms with Gasteiger partial charge in [0.05, 0.1) is 18.7 Å². The summed E-state index contributed by atoms with van der Waals surface area (Å²) in [5, 5.41) is 16.8. The van der Waals surface area contributed by atoms with Gasteiger partial charge >= 0.3 is 6.09 Å². The number of hydrogen-bond acceptors (Lipinski definition) is 9. The van der Waals surface area contributed by atoms with Gasteiger partial charge in [-0.15, -0.1) is 11.3 Å². The summed E-state index contributed by atoms with van der Waals surface area (Å²) in [4.78, 5) is 41.6. The molecular weight excluding hydrogens is 784 g/mol. The number of carbonyl (C=O) groups excluding carboxylic acids is 1. The number of rotatable bonds is 14. The van der Waals surface area contributed by atoms with E-state index in [-0.39, 0.29) is 17.9 Å². The predicted octanol–water partition coefficient (Wildman–Crippen LogP) is 9.87. The molecule has 3 fully saturated rings. The lowest BCUT2D eigenvalue weighted by atomic mass is 9.77. The van der Waals surface area contributed by atoms with Crippen LogP contribution in [-0.2, 0) is 16.1 Å². The van der Waals surface area contributed by atoms with E-state index < -0.39 is 6.09 Å². The van der Waals surface area contributed by atoms with E-state index in [2.05, 4.69) is 65.8 Å². The van der Waals surface area contributed by atoms with E-state index >= 15 is 0 Å². The van der Waals surface area contributed by atoms with Gasteiger partial charge in [-0.05, 0) is 144 Å². The summed E-state index contributed by atoms with van der Waals surface area (Å²) < 4.78 is 12.1. The zero-order valence-electron chi connectivity index (χ0n) is 35.3. The second kappa shape index (κ2) is 19.6. The van der Waals surface area contributed by atoms with Crippen molar-refractivity contribution in [3.8, 4) is 16.9 Å². The van der Waals surface area contributed by atoms with Crippen molar-refractivity contribution in [1.29, 1.82) is 0 Å². The van der Waals surface area contributed by atoms with Crippen LogP contribution in [0.15, 0.2) is 41.8 Å². The lowest BCUT2D eigenvalue weighted by Gasteiger charge is -2.36. The smallest absolute Gasteiger partial charge is 0.407 e. The normalized spacial score (nSPS) is 20.0. The molecule has 1 saturated carbocycles. The Morgan fingerprint density at radius 3 is 2.39 bits per heavy atom. The van der Waals surface area contributed by atoms with Crippen LogP contribution >= 0.6 is 22.9 Å². The molecule has 1 atom stereocenters. The maximum absolute atomic E-state index is 13.8. The molecule has 7 rings (SSSR count). The average molecular weight is 846 g/mol. The van der Waals surface area contributed by atoms with Gasteiger partial charge in [0.1, 0.15) is 17.4 Å². The van der Waals surface area contributed by atoms with Crippen LogP contribution in [0.25, 0.3) is 22.0 Å². The zero-order valence-corrected chi connectivity index (χ0v) is 36.9. The van der Waals surface area contributed by atoms with Crippen molar-refractivity contribution < 1.29 is 24.2 Å². The van der Waals surface area contributed by atoms with E-state index in [1.54, 1.807) is 18.4 Å². The van der Waals surface area contributed by atoms with E-state index in [4.69, 9.17) is 31.0 Å². The zero-order chi connectivity index (χ0) is 41.6. The summed E-state index contributed by atoms with van der Waals surface area (Å²) in [6.07, 6.45) is 7.58. The summed E-state index contributed by atoms with van der Waals surface area (Å²) in [6.45, 7) is 9.24. The highest BCUT2D eigenvalue weighted by Gasteiger charge is 2.33. The van der Waals surface area contributed by atoms with Crippen LogP contribution in [0.3, 0.4) is 0 Å². The van der Waals surface area contributed by atoms with Crippen molar-refractivity contribution in [2.24, 2.45) is 17.8 Å². The minimum atomic E-state index is -0.812. The summed E-state index contributed by atoms with van der Waals surface area (Å²) in [5.41, 5.74) is 5.42. The van der Waals surface area contributed by atoms with Gasteiger partial charge in [-0.1, -0.05) is 23.7 Å². The van der Waals surface area contributed by atoms with Gasteiger partial charge in [-0.25, -0.2) is 14.8 Å². The number of amides is 2. The molecule has 59 heavy (non-hydrogen) atoms. The molecule has 3 aliphatic rings. The van der Waals surface area contributed by atoms with E-state index in [1.807, 2.05) is 19.1 Å². The van der Waals surface area contributed by atoms with Crippen LogP contribution in [0.5, 0.6) is 5.75 Å². The fourth-order valence-corrected chi connectivity index (χ4v) is 10.6.